The molecule has 3 aromatic rings. The number of benzene rings is 3. The molecular formula is C26H23NO4. The second-order valence-corrected chi connectivity index (χ2v) is 7.68. The SMILES string of the molecule is Cc1cc(OC(=O)Cc2ccccc2)cc2c1C(=O)/C(=C/c1ccc(N(C)C)cc1)O2. The summed E-state index contributed by atoms with van der Waals surface area (Å²) in [7, 11) is 3.95. The molecule has 0 radical (unpaired) electrons. The van der Waals surface area contributed by atoms with E-state index in [-0.39, 0.29) is 23.9 Å². The number of allylic oxidation sites excluding steroid dienone is 1. The van der Waals surface area contributed by atoms with Gasteiger partial charge in [-0.15, -0.1) is 0 Å². The first-order valence-electron chi connectivity index (χ1n) is 10.0. The van der Waals surface area contributed by atoms with Crippen molar-refractivity contribution in [1.29, 1.82) is 0 Å². The zero-order valence-electron chi connectivity index (χ0n) is 17.7. The van der Waals surface area contributed by atoms with Crippen LogP contribution in [-0.4, -0.2) is 25.8 Å². The van der Waals surface area contributed by atoms with Crippen LogP contribution < -0.4 is 14.4 Å². The highest BCUT2D eigenvalue weighted by Crippen LogP contribution is 2.37. The molecule has 0 atom stereocenters. The minimum Gasteiger partial charge on any atom is -0.452 e. The van der Waals surface area contributed by atoms with Crippen LogP contribution in [0.1, 0.15) is 27.0 Å². The number of anilines is 1. The standard InChI is InChI=1S/C26H23NO4/c1-17-13-21(30-24(28)15-18-7-5-4-6-8-18)16-22-25(17)26(29)23(31-22)14-19-9-11-20(12-10-19)27(2)3/h4-14,16H,15H2,1-3H3/b23-14-. The highest BCUT2D eigenvalue weighted by Gasteiger charge is 2.30. The molecule has 5 nitrogen and oxygen atoms in total. The Bertz CT molecular complexity index is 1160. The van der Waals surface area contributed by atoms with Gasteiger partial charge >= 0.3 is 5.97 Å². The minimum atomic E-state index is -0.369. The van der Waals surface area contributed by atoms with Crippen molar-refractivity contribution in [2.75, 3.05) is 19.0 Å². The van der Waals surface area contributed by atoms with Crippen molar-refractivity contribution < 1.29 is 19.1 Å². The molecule has 0 spiro atoms. The molecule has 0 aromatic heterocycles. The summed E-state index contributed by atoms with van der Waals surface area (Å²) in [5, 5.41) is 0. The zero-order valence-corrected chi connectivity index (χ0v) is 17.7. The van der Waals surface area contributed by atoms with Gasteiger partial charge in [-0.1, -0.05) is 42.5 Å². The number of rotatable bonds is 5. The molecule has 156 valence electrons. The molecule has 0 saturated carbocycles. The summed E-state index contributed by atoms with van der Waals surface area (Å²) in [6.07, 6.45) is 1.90. The van der Waals surface area contributed by atoms with Gasteiger partial charge in [-0.05, 0) is 47.9 Å². The lowest BCUT2D eigenvalue weighted by atomic mass is 10.0. The van der Waals surface area contributed by atoms with Crippen LogP contribution in [0.5, 0.6) is 11.5 Å². The fourth-order valence-electron chi connectivity index (χ4n) is 3.49. The molecule has 0 bridgehead atoms. The number of ether oxygens (including phenoxy) is 2. The van der Waals surface area contributed by atoms with Gasteiger partial charge in [0.2, 0.25) is 5.78 Å². The highest BCUT2D eigenvalue weighted by atomic mass is 16.5. The van der Waals surface area contributed by atoms with Crippen LogP contribution in [0.25, 0.3) is 6.08 Å². The van der Waals surface area contributed by atoms with Gasteiger partial charge in [0.05, 0.1) is 12.0 Å². The summed E-state index contributed by atoms with van der Waals surface area (Å²) >= 11 is 0. The van der Waals surface area contributed by atoms with Crippen LogP contribution in [0.4, 0.5) is 5.69 Å². The first kappa shape index (κ1) is 20.4. The van der Waals surface area contributed by atoms with Gasteiger partial charge in [0.15, 0.2) is 5.76 Å². The summed E-state index contributed by atoms with van der Waals surface area (Å²) in [6, 6.07) is 20.5. The maximum Gasteiger partial charge on any atom is 0.315 e. The summed E-state index contributed by atoms with van der Waals surface area (Å²) in [4.78, 5) is 27.2. The van der Waals surface area contributed by atoms with E-state index in [0.717, 1.165) is 16.8 Å². The number of carbonyl (C=O) groups is 2. The first-order chi connectivity index (χ1) is 14.9. The van der Waals surface area contributed by atoms with Gasteiger partial charge in [0, 0.05) is 25.8 Å². The van der Waals surface area contributed by atoms with Crippen LogP contribution in [0, 0.1) is 6.92 Å². The van der Waals surface area contributed by atoms with Crippen LogP contribution >= 0.6 is 0 Å². The Morgan fingerprint density at radius 3 is 2.42 bits per heavy atom. The molecular weight excluding hydrogens is 390 g/mol. The van der Waals surface area contributed by atoms with Crippen molar-refractivity contribution in [2.45, 2.75) is 13.3 Å². The van der Waals surface area contributed by atoms with Crippen LogP contribution in [0.2, 0.25) is 0 Å². The van der Waals surface area contributed by atoms with E-state index >= 15 is 0 Å². The number of hydrogen-bond donors (Lipinski definition) is 0. The van der Waals surface area contributed by atoms with Gasteiger partial charge in [-0.25, -0.2) is 0 Å². The maximum atomic E-state index is 12.9. The average molecular weight is 413 g/mol. The number of carbonyl (C=O) groups excluding carboxylic acids is 2. The fraction of sp³-hybridized carbons (Fsp3) is 0.154. The van der Waals surface area contributed by atoms with Gasteiger partial charge in [-0.2, -0.15) is 0 Å². The Kier molecular flexibility index (Phi) is 5.58. The van der Waals surface area contributed by atoms with Crippen molar-refractivity contribution in [3.8, 4) is 11.5 Å². The topological polar surface area (TPSA) is 55.8 Å². The van der Waals surface area contributed by atoms with E-state index in [0.29, 0.717) is 22.6 Å². The number of fused-ring (bicyclic) bond motifs is 1. The number of esters is 1. The number of ketones is 1. The Hall–Kier alpha value is -3.86. The number of hydrogen-bond acceptors (Lipinski definition) is 5. The first-order valence-corrected chi connectivity index (χ1v) is 10.0. The van der Waals surface area contributed by atoms with E-state index in [4.69, 9.17) is 9.47 Å². The predicted octanol–water partition coefficient (Wildman–Crippen LogP) is 4.83. The minimum absolute atomic E-state index is 0.171. The Morgan fingerprint density at radius 2 is 1.74 bits per heavy atom. The Morgan fingerprint density at radius 1 is 1.03 bits per heavy atom. The van der Waals surface area contributed by atoms with E-state index in [9.17, 15) is 9.59 Å². The number of aryl methyl sites for hydroxylation is 1. The van der Waals surface area contributed by atoms with E-state index in [2.05, 4.69) is 0 Å². The van der Waals surface area contributed by atoms with Crippen molar-refractivity contribution in [1.82, 2.24) is 0 Å². The van der Waals surface area contributed by atoms with E-state index in [1.807, 2.05) is 80.5 Å². The lowest BCUT2D eigenvalue weighted by molar-refractivity contribution is -0.133. The lowest BCUT2D eigenvalue weighted by Crippen LogP contribution is -2.11. The van der Waals surface area contributed by atoms with Crippen LogP contribution in [0.15, 0.2) is 72.5 Å². The fourth-order valence-corrected chi connectivity index (χ4v) is 3.49. The molecule has 1 aliphatic heterocycles. The summed E-state index contributed by atoms with van der Waals surface area (Å²) < 4.78 is 11.3. The van der Waals surface area contributed by atoms with Crippen LogP contribution in [0.3, 0.4) is 0 Å². The molecule has 0 fully saturated rings. The van der Waals surface area contributed by atoms with Crippen molar-refractivity contribution in [2.24, 2.45) is 0 Å². The largest absolute Gasteiger partial charge is 0.452 e. The molecule has 0 unspecified atom stereocenters. The molecule has 4 rings (SSSR count). The quantitative estimate of drug-likeness (QED) is 0.341. The van der Waals surface area contributed by atoms with E-state index in [1.165, 1.54) is 0 Å². The number of nitrogens with zero attached hydrogens (tertiary/aromatic N) is 1. The summed E-state index contributed by atoms with van der Waals surface area (Å²) in [5.74, 6) is 0.478. The van der Waals surface area contributed by atoms with Gasteiger partial charge in [0.1, 0.15) is 11.5 Å². The van der Waals surface area contributed by atoms with Crippen molar-refractivity contribution in [3.63, 3.8) is 0 Å². The van der Waals surface area contributed by atoms with Gasteiger partial charge < -0.3 is 14.4 Å². The molecule has 0 saturated heterocycles. The third-order valence-corrected chi connectivity index (χ3v) is 5.07. The van der Waals surface area contributed by atoms with Crippen LogP contribution in [-0.2, 0) is 11.2 Å². The predicted molar refractivity (Wildman–Crippen MR) is 121 cm³/mol. The Labute approximate surface area is 181 Å². The van der Waals surface area contributed by atoms with Crippen molar-refractivity contribution in [3.05, 3.63) is 94.7 Å². The maximum absolute atomic E-state index is 12.9. The number of Topliss-reactive ketones (excluding diaryl/α,β-unsaturated/α-hetero) is 1. The molecule has 0 aliphatic carbocycles. The molecule has 1 aliphatic rings. The van der Waals surface area contributed by atoms with Crippen molar-refractivity contribution >= 4 is 23.5 Å². The summed E-state index contributed by atoms with van der Waals surface area (Å²) in [5.41, 5.74) is 4.02. The molecule has 1 heterocycles. The van der Waals surface area contributed by atoms with Gasteiger partial charge in [-0.3, -0.25) is 9.59 Å². The highest BCUT2D eigenvalue weighted by molar-refractivity contribution is 6.15. The Balaban J connectivity index is 1.52. The molecule has 31 heavy (non-hydrogen) atoms. The van der Waals surface area contributed by atoms with E-state index < -0.39 is 0 Å². The molecule has 0 N–H and O–H groups in total. The molecule has 0 amide bonds. The molecule has 3 aromatic carbocycles. The van der Waals surface area contributed by atoms with E-state index in [1.54, 1.807) is 18.2 Å². The third-order valence-electron chi connectivity index (χ3n) is 5.07. The average Bonchev–Trinajstić information content (AvgIpc) is 3.04. The second-order valence-electron chi connectivity index (χ2n) is 7.68. The molecule has 5 heteroatoms. The smallest absolute Gasteiger partial charge is 0.315 e. The normalized spacial score (nSPS) is 13.6. The zero-order chi connectivity index (χ0) is 22.0. The van der Waals surface area contributed by atoms with Gasteiger partial charge in [0.25, 0.3) is 0 Å². The lowest BCUT2D eigenvalue weighted by Gasteiger charge is -2.11. The summed E-state index contributed by atoms with van der Waals surface area (Å²) in [6.45, 7) is 1.81. The monoisotopic (exact) mass is 413 g/mol. The third kappa shape index (κ3) is 4.51. The second kappa shape index (κ2) is 8.48.